The van der Waals surface area contributed by atoms with Crippen LogP contribution in [0, 0.1) is 0 Å². The van der Waals surface area contributed by atoms with Gasteiger partial charge in [0.2, 0.25) is 0 Å². The predicted octanol–water partition coefficient (Wildman–Crippen LogP) is 3.64. The highest BCUT2D eigenvalue weighted by Crippen LogP contribution is 2.20. The molecule has 5 nitrogen and oxygen atoms in total. The first kappa shape index (κ1) is 17.5. The summed E-state index contributed by atoms with van der Waals surface area (Å²) in [5, 5.41) is 8.00. The third-order valence-corrected chi connectivity index (χ3v) is 4.45. The van der Waals surface area contributed by atoms with Gasteiger partial charge in [0, 0.05) is 24.8 Å². The van der Waals surface area contributed by atoms with Crippen LogP contribution in [0.5, 0.6) is 0 Å². The molecular weight excluding hydrogens is 312 g/mol. The van der Waals surface area contributed by atoms with Gasteiger partial charge in [0.15, 0.2) is 0 Å². The summed E-state index contributed by atoms with van der Waals surface area (Å²) < 4.78 is 7.56. The highest BCUT2D eigenvalue weighted by atomic mass is 16.3. The molecule has 0 aliphatic heterocycles. The molecule has 3 aromatic rings. The first-order chi connectivity index (χ1) is 12.3. The number of hydrogen-bond acceptors (Lipinski definition) is 4. The number of benzene rings is 1. The quantitative estimate of drug-likeness (QED) is 0.647. The van der Waals surface area contributed by atoms with Crippen molar-refractivity contribution in [3.63, 3.8) is 0 Å². The standard InChI is InChI=1S/C20H26N4O/c1-3-23(4-2)19(20-11-8-12-25-20)15-21-13-17-14-22-24(16-17)18-9-6-5-7-10-18/h5-12,14,16,19,21H,3-4,13,15H2,1-2H3. The fourth-order valence-electron chi connectivity index (χ4n) is 3.08. The maximum absolute atomic E-state index is 5.65. The lowest BCUT2D eigenvalue weighted by molar-refractivity contribution is 0.188. The molecule has 1 atom stereocenters. The zero-order valence-corrected chi connectivity index (χ0v) is 14.9. The zero-order chi connectivity index (χ0) is 17.5. The normalized spacial score (nSPS) is 12.6. The fourth-order valence-corrected chi connectivity index (χ4v) is 3.08. The molecule has 25 heavy (non-hydrogen) atoms. The fraction of sp³-hybridized carbons (Fsp3) is 0.350. The monoisotopic (exact) mass is 338 g/mol. The summed E-state index contributed by atoms with van der Waals surface area (Å²) in [5.41, 5.74) is 2.24. The SMILES string of the molecule is CCN(CC)C(CNCc1cnn(-c2ccccc2)c1)c1ccco1. The second kappa shape index (κ2) is 8.65. The molecule has 0 saturated heterocycles. The molecule has 1 aromatic carbocycles. The molecular formula is C20H26N4O. The third kappa shape index (κ3) is 4.38. The van der Waals surface area contributed by atoms with Crippen LogP contribution in [0.2, 0.25) is 0 Å². The minimum Gasteiger partial charge on any atom is -0.468 e. The van der Waals surface area contributed by atoms with Crippen molar-refractivity contribution in [3.05, 3.63) is 72.4 Å². The van der Waals surface area contributed by atoms with Gasteiger partial charge in [-0.05, 0) is 37.4 Å². The summed E-state index contributed by atoms with van der Waals surface area (Å²) in [5.74, 6) is 1.01. The van der Waals surface area contributed by atoms with Crippen molar-refractivity contribution >= 4 is 0 Å². The van der Waals surface area contributed by atoms with E-state index in [9.17, 15) is 0 Å². The molecule has 0 bridgehead atoms. The van der Waals surface area contributed by atoms with Crippen LogP contribution in [-0.2, 0) is 6.54 Å². The number of para-hydroxylation sites is 1. The van der Waals surface area contributed by atoms with Crippen molar-refractivity contribution in [1.82, 2.24) is 20.0 Å². The molecule has 132 valence electrons. The molecule has 0 radical (unpaired) electrons. The van der Waals surface area contributed by atoms with Gasteiger partial charge in [-0.15, -0.1) is 0 Å². The maximum Gasteiger partial charge on any atom is 0.122 e. The van der Waals surface area contributed by atoms with Gasteiger partial charge in [0.1, 0.15) is 5.76 Å². The summed E-state index contributed by atoms with van der Waals surface area (Å²) >= 11 is 0. The Kier molecular flexibility index (Phi) is 6.04. The van der Waals surface area contributed by atoms with Gasteiger partial charge < -0.3 is 9.73 Å². The Balaban J connectivity index is 1.60. The van der Waals surface area contributed by atoms with E-state index in [2.05, 4.69) is 53.6 Å². The Morgan fingerprint density at radius 2 is 1.92 bits per heavy atom. The van der Waals surface area contributed by atoms with Crippen LogP contribution in [0.1, 0.15) is 31.2 Å². The van der Waals surface area contributed by atoms with Gasteiger partial charge >= 0.3 is 0 Å². The average molecular weight is 338 g/mol. The van der Waals surface area contributed by atoms with Gasteiger partial charge in [0.25, 0.3) is 0 Å². The van der Waals surface area contributed by atoms with Crippen LogP contribution in [0.15, 0.2) is 65.5 Å². The third-order valence-electron chi connectivity index (χ3n) is 4.45. The molecule has 5 heteroatoms. The van der Waals surface area contributed by atoms with Crippen LogP contribution < -0.4 is 5.32 Å². The summed E-state index contributed by atoms with van der Waals surface area (Å²) in [6.45, 7) is 7.98. The van der Waals surface area contributed by atoms with Gasteiger partial charge in [-0.25, -0.2) is 4.68 Å². The molecule has 3 rings (SSSR count). The molecule has 0 spiro atoms. The van der Waals surface area contributed by atoms with Gasteiger partial charge in [-0.1, -0.05) is 32.0 Å². The van der Waals surface area contributed by atoms with Crippen LogP contribution >= 0.6 is 0 Å². The Hall–Kier alpha value is -2.37. The molecule has 0 amide bonds. The molecule has 1 unspecified atom stereocenters. The second-order valence-electron chi connectivity index (χ2n) is 6.01. The Morgan fingerprint density at radius 1 is 1.12 bits per heavy atom. The van der Waals surface area contributed by atoms with Crippen molar-refractivity contribution in [2.24, 2.45) is 0 Å². The number of furan rings is 1. The largest absolute Gasteiger partial charge is 0.468 e. The molecule has 1 N–H and O–H groups in total. The number of aromatic nitrogens is 2. The predicted molar refractivity (Wildman–Crippen MR) is 99.6 cm³/mol. The van der Waals surface area contributed by atoms with E-state index < -0.39 is 0 Å². The lowest BCUT2D eigenvalue weighted by Crippen LogP contribution is -2.35. The molecule has 2 heterocycles. The molecule has 0 aliphatic rings. The van der Waals surface area contributed by atoms with E-state index in [-0.39, 0.29) is 6.04 Å². The highest BCUT2D eigenvalue weighted by Gasteiger charge is 2.20. The molecule has 0 fully saturated rings. The van der Waals surface area contributed by atoms with Crippen molar-refractivity contribution in [2.45, 2.75) is 26.4 Å². The lowest BCUT2D eigenvalue weighted by atomic mass is 10.2. The maximum atomic E-state index is 5.65. The summed E-state index contributed by atoms with van der Waals surface area (Å²) in [4.78, 5) is 2.40. The van der Waals surface area contributed by atoms with Crippen molar-refractivity contribution in [3.8, 4) is 5.69 Å². The molecule has 0 saturated carbocycles. The lowest BCUT2D eigenvalue weighted by Gasteiger charge is -2.28. The van der Waals surface area contributed by atoms with Crippen molar-refractivity contribution in [2.75, 3.05) is 19.6 Å². The van der Waals surface area contributed by atoms with E-state index in [0.717, 1.165) is 37.6 Å². The smallest absolute Gasteiger partial charge is 0.122 e. The Morgan fingerprint density at radius 3 is 2.60 bits per heavy atom. The van der Waals surface area contributed by atoms with Crippen molar-refractivity contribution in [1.29, 1.82) is 0 Å². The summed E-state index contributed by atoms with van der Waals surface area (Å²) in [6.07, 6.45) is 5.73. The molecule has 2 aromatic heterocycles. The Labute approximate surface area is 149 Å². The number of rotatable bonds is 9. The highest BCUT2D eigenvalue weighted by molar-refractivity contribution is 5.30. The van der Waals surface area contributed by atoms with Crippen LogP contribution in [-0.4, -0.2) is 34.3 Å². The Bertz CT molecular complexity index is 732. The zero-order valence-electron chi connectivity index (χ0n) is 14.9. The first-order valence-electron chi connectivity index (χ1n) is 8.89. The average Bonchev–Trinajstić information content (AvgIpc) is 3.34. The van der Waals surface area contributed by atoms with Crippen molar-refractivity contribution < 1.29 is 4.42 Å². The van der Waals surface area contributed by atoms with Gasteiger partial charge in [0.05, 0.1) is 24.2 Å². The first-order valence-corrected chi connectivity index (χ1v) is 8.89. The van der Waals surface area contributed by atoms with Crippen LogP contribution in [0.4, 0.5) is 0 Å². The van der Waals surface area contributed by atoms with E-state index in [1.54, 1.807) is 6.26 Å². The second-order valence-corrected chi connectivity index (χ2v) is 6.01. The van der Waals surface area contributed by atoms with E-state index in [4.69, 9.17) is 4.42 Å². The number of nitrogens with one attached hydrogen (secondary N) is 1. The van der Waals surface area contributed by atoms with E-state index >= 15 is 0 Å². The van der Waals surface area contributed by atoms with Crippen LogP contribution in [0.3, 0.4) is 0 Å². The minimum atomic E-state index is 0.245. The van der Waals surface area contributed by atoms with E-state index in [0.29, 0.717) is 0 Å². The number of hydrogen-bond donors (Lipinski definition) is 1. The van der Waals surface area contributed by atoms with E-state index in [1.807, 2.05) is 35.1 Å². The topological polar surface area (TPSA) is 46.2 Å². The molecule has 0 aliphatic carbocycles. The number of likely N-dealkylation sites (N-methyl/N-ethyl adjacent to an activating group) is 1. The summed E-state index contributed by atoms with van der Waals surface area (Å²) in [6, 6.07) is 14.4. The summed E-state index contributed by atoms with van der Waals surface area (Å²) in [7, 11) is 0. The van der Waals surface area contributed by atoms with Crippen LogP contribution in [0.25, 0.3) is 5.69 Å². The van der Waals surface area contributed by atoms with E-state index in [1.165, 1.54) is 5.56 Å². The number of nitrogens with zero attached hydrogens (tertiary/aromatic N) is 3. The van der Waals surface area contributed by atoms with Gasteiger partial charge in [-0.3, -0.25) is 4.90 Å². The minimum absolute atomic E-state index is 0.245. The van der Waals surface area contributed by atoms with Gasteiger partial charge in [-0.2, -0.15) is 5.10 Å².